The Morgan fingerprint density at radius 2 is 1.63 bits per heavy atom. The molecule has 0 aliphatic rings. The van der Waals surface area contributed by atoms with Crippen LogP contribution in [0.2, 0.25) is 5.02 Å². The van der Waals surface area contributed by atoms with Gasteiger partial charge in [0.15, 0.2) is 0 Å². The average molecular weight is 490 g/mol. The van der Waals surface area contributed by atoms with Gasteiger partial charge in [-0.3, -0.25) is 14.9 Å². The zero-order valence-corrected chi connectivity index (χ0v) is 20.5. The van der Waals surface area contributed by atoms with E-state index in [0.29, 0.717) is 16.3 Å². The number of hydrazone groups is 1. The Balaban J connectivity index is 1.52. The van der Waals surface area contributed by atoms with Crippen LogP contribution in [0, 0.1) is 37.8 Å². The zero-order valence-electron chi connectivity index (χ0n) is 19.7. The second-order valence-electron chi connectivity index (χ2n) is 8.25. The largest absolute Gasteiger partial charge is 0.318 e. The summed E-state index contributed by atoms with van der Waals surface area (Å²) in [6, 6.07) is 17.6. The minimum absolute atomic E-state index is 0.0162. The summed E-state index contributed by atoms with van der Waals surface area (Å²) >= 11 is 6.42. The molecule has 0 atom stereocenters. The molecule has 9 heteroatoms. The first-order valence-corrected chi connectivity index (χ1v) is 11.3. The first-order valence-electron chi connectivity index (χ1n) is 10.9. The third kappa shape index (κ3) is 4.74. The number of nitrogens with one attached hydrogen (secondary N) is 1. The van der Waals surface area contributed by atoms with Crippen molar-refractivity contribution in [2.45, 2.75) is 27.7 Å². The Kier molecular flexibility index (Phi) is 6.57. The van der Waals surface area contributed by atoms with Gasteiger partial charge in [0.2, 0.25) is 0 Å². The smallest absolute Gasteiger partial charge is 0.272 e. The van der Waals surface area contributed by atoms with Gasteiger partial charge in [0.1, 0.15) is 0 Å². The predicted octanol–water partition coefficient (Wildman–Crippen LogP) is 5.83. The van der Waals surface area contributed by atoms with E-state index in [0.717, 1.165) is 34.0 Å². The number of nitro benzene ring substituents is 1. The minimum Gasteiger partial charge on any atom is -0.318 e. The maximum absolute atomic E-state index is 12.7. The highest BCUT2D eigenvalue weighted by Crippen LogP contribution is 2.24. The lowest BCUT2D eigenvalue weighted by Gasteiger charge is -2.11. The van der Waals surface area contributed by atoms with Gasteiger partial charge in [0.05, 0.1) is 27.4 Å². The first-order chi connectivity index (χ1) is 16.7. The fourth-order valence-corrected chi connectivity index (χ4v) is 4.45. The summed E-state index contributed by atoms with van der Waals surface area (Å²) in [6.45, 7) is 7.80. The normalized spacial score (nSPS) is 11.2. The molecule has 2 aromatic heterocycles. The summed E-state index contributed by atoms with van der Waals surface area (Å²) < 4.78 is 3.96. The minimum atomic E-state index is -0.425. The Hall–Kier alpha value is -4.17. The van der Waals surface area contributed by atoms with Crippen LogP contribution in [-0.4, -0.2) is 26.2 Å². The van der Waals surface area contributed by atoms with Gasteiger partial charge >= 0.3 is 0 Å². The Labute approximate surface area is 207 Å². The van der Waals surface area contributed by atoms with Crippen molar-refractivity contribution in [3.05, 3.63) is 110 Å². The van der Waals surface area contributed by atoms with Crippen molar-refractivity contribution in [2.75, 3.05) is 0 Å². The van der Waals surface area contributed by atoms with Crippen molar-refractivity contribution in [3.63, 3.8) is 0 Å². The zero-order chi connectivity index (χ0) is 25.3. The second kappa shape index (κ2) is 9.60. The van der Waals surface area contributed by atoms with Gasteiger partial charge in [-0.15, -0.1) is 0 Å². The van der Waals surface area contributed by atoms with E-state index >= 15 is 0 Å². The van der Waals surface area contributed by atoms with Gasteiger partial charge in [-0.2, -0.15) is 5.10 Å². The standard InChI is InChI=1S/C26H24ClN5O3/c1-16-8-9-17(2)30(16)22-10-11-24(25(27)14-22)26(33)29-28-15-20-12-18(3)31(19(20)4)21-6-5-7-23(13-21)32(34)35/h5-15H,1-4H3,(H,29,33)/b28-15-. The molecule has 0 bridgehead atoms. The predicted molar refractivity (Wildman–Crippen MR) is 137 cm³/mol. The van der Waals surface area contributed by atoms with Crippen LogP contribution in [0.15, 0.2) is 65.8 Å². The van der Waals surface area contributed by atoms with Crippen LogP contribution in [0.25, 0.3) is 11.4 Å². The molecule has 0 spiro atoms. The fourth-order valence-electron chi connectivity index (χ4n) is 4.18. The van der Waals surface area contributed by atoms with E-state index in [2.05, 4.69) is 15.1 Å². The van der Waals surface area contributed by atoms with E-state index in [-0.39, 0.29) is 5.69 Å². The van der Waals surface area contributed by atoms with Gasteiger partial charge in [0, 0.05) is 46.2 Å². The first kappa shape index (κ1) is 24.0. The highest BCUT2D eigenvalue weighted by Gasteiger charge is 2.14. The molecule has 1 amide bonds. The van der Waals surface area contributed by atoms with Crippen molar-refractivity contribution in [1.29, 1.82) is 0 Å². The summed E-state index contributed by atoms with van der Waals surface area (Å²) in [6.07, 6.45) is 1.54. The summed E-state index contributed by atoms with van der Waals surface area (Å²) in [5, 5.41) is 15.6. The Bertz CT molecular complexity index is 1460. The number of amides is 1. The SMILES string of the molecule is Cc1ccc(C)n1-c1ccc(C(=O)N/N=C\c2cc(C)n(-c3cccc([N+](=O)[O-])c3)c2C)c(Cl)c1. The number of aromatic nitrogens is 2. The lowest BCUT2D eigenvalue weighted by Crippen LogP contribution is -2.18. The molecular weight excluding hydrogens is 466 g/mol. The number of hydrogen-bond acceptors (Lipinski definition) is 4. The van der Waals surface area contributed by atoms with Crippen LogP contribution in [0.3, 0.4) is 0 Å². The van der Waals surface area contributed by atoms with Crippen LogP contribution in [0.4, 0.5) is 5.69 Å². The molecule has 0 radical (unpaired) electrons. The number of nitro groups is 1. The summed E-state index contributed by atoms with van der Waals surface area (Å²) in [5.41, 5.74) is 9.05. The molecule has 8 nitrogen and oxygen atoms in total. The Morgan fingerprint density at radius 3 is 2.29 bits per heavy atom. The molecular formula is C26H24ClN5O3. The van der Waals surface area contributed by atoms with Crippen LogP contribution in [0.5, 0.6) is 0 Å². The van der Waals surface area contributed by atoms with E-state index < -0.39 is 10.8 Å². The molecule has 2 aromatic carbocycles. The van der Waals surface area contributed by atoms with Crippen molar-refractivity contribution in [2.24, 2.45) is 5.10 Å². The van der Waals surface area contributed by atoms with E-state index in [9.17, 15) is 14.9 Å². The number of non-ortho nitro benzene ring substituents is 1. The molecule has 0 aliphatic heterocycles. The van der Waals surface area contributed by atoms with Gasteiger partial charge in [-0.05, 0) is 70.2 Å². The molecule has 1 N–H and O–H groups in total. The second-order valence-corrected chi connectivity index (χ2v) is 8.66. The number of carbonyl (C=O) groups excluding carboxylic acids is 1. The van der Waals surface area contributed by atoms with Gasteiger partial charge in [0.25, 0.3) is 11.6 Å². The number of aryl methyl sites for hydroxylation is 3. The molecule has 4 rings (SSSR count). The molecule has 35 heavy (non-hydrogen) atoms. The number of hydrogen-bond donors (Lipinski definition) is 1. The van der Waals surface area contributed by atoms with E-state index in [1.165, 1.54) is 12.1 Å². The molecule has 0 fully saturated rings. The molecule has 0 aliphatic carbocycles. The highest BCUT2D eigenvalue weighted by atomic mass is 35.5. The lowest BCUT2D eigenvalue weighted by atomic mass is 10.2. The quantitative estimate of drug-likeness (QED) is 0.210. The third-order valence-electron chi connectivity index (χ3n) is 5.87. The lowest BCUT2D eigenvalue weighted by molar-refractivity contribution is -0.384. The molecule has 0 unspecified atom stereocenters. The topological polar surface area (TPSA) is 94.5 Å². The average Bonchev–Trinajstić information content (AvgIpc) is 3.30. The maximum Gasteiger partial charge on any atom is 0.272 e. The molecule has 178 valence electrons. The Morgan fingerprint density at radius 1 is 0.943 bits per heavy atom. The molecule has 0 saturated heterocycles. The molecule has 0 saturated carbocycles. The number of carbonyl (C=O) groups is 1. The van der Waals surface area contributed by atoms with E-state index in [1.54, 1.807) is 30.5 Å². The van der Waals surface area contributed by atoms with Gasteiger partial charge < -0.3 is 9.13 Å². The van der Waals surface area contributed by atoms with Crippen LogP contribution < -0.4 is 5.43 Å². The third-order valence-corrected chi connectivity index (χ3v) is 6.18. The fraction of sp³-hybridized carbons (Fsp3) is 0.154. The maximum atomic E-state index is 12.7. The number of rotatable bonds is 6. The van der Waals surface area contributed by atoms with Gasteiger partial charge in [-0.1, -0.05) is 17.7 Å². The summed E-state index contributed by atoms with van der Waals surface area (Å²) in [5.74, 6) is -0.425. The van der Waals surface area contributed by atoms with Crippen molar-refractivity contribution >= 4 is 29.4 Å². The van der Waals surface area contributed by atoms with Gasteiger partial charge in [-0.25, -0.2) is 5.43 Å². The van der Waals surface area contributed by atoms with Crippen LogP contribution in [0.1, 0.15) is 38.7 Å². The molecule has 2 heterocycles. The number of benzene rings is 2. The van der Waals surface area contributed by atoms with E-state index in [4.69, 9.17) is 11.6 Å². The van der Waals surface area contributed by atoms with Crippen LogP contribution >= 0.6 is 11.6 Å². The van der Waals surface area contributed by atoms with Crippen LogP contribution in [-0.2, 0) is 0 Å². The van der Waals surface area contributed by atoms with Crippen molar-refractivity contribution in [3.8, 4) is 11.4 Å². The van der Waals surface area contributed by atoms with Crippen molar-refractivity contribution in [1.82, 2.24) is 14.6 Å². The highest BCUT2D eigenvalue weighted by molar-refractivity contribution is 6.34. The molecule has 4 aromatic rings. The monoisotopic (exact) mass is 489 g/mol. The van der Waals surface area contributed by atoms with E-state index in [1.807, 2.05) is 56.5 Å². The number of halogens is 1. The van der Waals surface area contributed by atoms with Crippen molar-refractivity contribution < 1.29 is 9.72 Å². The summed E-state index contributed by atoms with van der Waals surface area (Å²) in [4.78, 5) is 23.4. The number of nitrogens with zero attached hydrogens (tertiary/aromatic N) is 4. The summed E-state index contributed by atoms with van der Waals surface area (Å²) in [7, 11) is 0.